The second-order valence-corrected chi connectivity index (χ2v) is 12.5. The van der Waals surface area contributed by atoms with E-state index < -0.39 is 0 Å². The lowest BCUT2D eigenvalue weighted by atomic mass is 9.83. The van der Waals surface area contributed by atoms with Crippen LogP contribution in [0.15, 0.2) is 186 Å². The van der Waals surface area contributed by atoms with Crippen molar-refractivity contribution in [1.29, 1.82) is 0 Å². The van der Waals surface area contributed by atoms with Gasteiger partial charge in [0.25, 0.3) is 0 Å². The van der Waals surface area contributed by atoms with Gasteiger partial charge in [0.1, 0.15) is 11.2 Å². The molecule has 0 atom stereocenters. The molecule has 0 unspecified atom stereocenters. The molecule has 0 aliphatic rings. The Kier molecular flexibility index (Phi) is 5.38. The zero-order valence-electron chi connectivity index (χ0n) is 30.4. The zero-order valence-corrected chi connectivity index (χ0v) is 26.4. The van der Waals surface area contributed by atoms with E-state index in [1.54, 1.807) is 0 Å². The summed E-state index contributed by atoms with van der Waals surface area (Å²) in [4.78, 5) is 0. The molecule has 0 N–H and O–H groups in total. The molecule has 0 saturated carbocycles. The topological polar surface area (TPSA) is 13.1 Å². The minimum Gasteiger partial charge on any atom is -0.456 e. The highest BCUT2D eigenvalue weighted by Gasteiger charge is 2.21. The molecule has 0 radical (unpaired) electrons. The lowest BCUT2D eigenvalue weighted by Gasteiger charge is -2.19. The third kappa shape index (κ3) is 4.47. The lowest BCUT2D eigenvalue weighted by Crippen LogP contribution is -1.92. The first-order valence-corrected chi connectivity index (χ1v) is 16.5. The largest absolute Gasteiger partial charge is 0.456 e. The van der Waals surface area contributed by atoms with E-state index in [-0.39, 0.29) is 24.2 Å². The van der Waals surface area contributed by atoms with Crippen molar-refractivity contribution in [3.05, 3.63) is 182 Å². The number of fused-ring (bicyclic) bond motifs is 6. The number of benzene rings is 9. The van der Waals surface area contributed by atoms with Gasteiger partial charge in [-0.25, -0.2) is 0 Å². The van der Waals surface area contributed by atoms with Gasteiger partial charge in [-0.2, -0.15) is 0 Å². The quantitative estimate of drug-likeness (QED) is 0.177. The van der Waals surface area contributed by atoms with Gasteiger partial charge in [-0.05, 0) is 107 Å². The van der Waals surface area contributed by atoms with Crippen LogP contribution in [0.2, 0.25) is 0 Å². The maximum atomic E-state index is 9.69. The van der Waals surface area contributed by atoms with Crippen LogP contribution in [0.5, 0.6) is 0 Å². The SMILES string of the molecule is [2H]c1c([2H])c(-c2ccccc2)c([2H])c(-c2c3ccccc3c(-c3cccc4oc5cc6ccccc6cc5c34)c3ccc(-c4ccccc4)cc23)c1[2H]. The molecular formula is C48H30O. The van der Waals surface area contributed by atoms with Gasteiger partial charge in [0.05, 0.1) is 5.48 Å². The van der Waals surface area contributed by atoms with Gasteiger partial charge >= 0.3 is 0 Å². The van der Waals surface area contributed by atoms with Crippen LogP contribution in [-0.2, 0) is 0 Å². The highest BCUT2D eigenvalue weighted by atomic mass is 16.3. The second kappa shape index (κ2) is 11.1. The Bertz CT molecular complexity index is 3090. The van der Waals surface area contributed by atoms with Crippen molar-refractivity contribution >= 4 is 54.3 Å². The average molecular weight is 627 g/mol. The van der Waals surface area contributed by atoms with Crippen LogP contribution in [0.1, 0.15) is 5.48 Å². The zero-order chi connectivity index (χ0) is 35.8. The molecule has 0 spiro atoms. The van der Waals surface area contributed by atoms with Crippen LogP contribution in [0, 0.1) is 0 Å². The van der Waals surface area contributed by atoms with E-state index in [2.05, 4.69) is 78.9 Å². The fourth-order valence-electron chi connectivity index (χ4n) is 7.49. The van der Waals surface area contributed by atoms with Crippen LogP contribution in [0.25, 0.3) is 98.8 Å². The third-order valence-corrected chi connectivity index (χ3v) is 9.70. The maximum Gasteiger partial charge on any atom is 0.136 e. The molecule has 1 heteroatoms. The summed E-state index contributed by atoms with van der Waals surface area (Å²) in [6.07, 6.45) is 0. The van der Waals surface area contributed by atoms with E-state index in [1.807, 2.05) is 78.9 Å². The van der Waals surface area contributed by atoms with Crippen molar-refractivity contribution in [2.75, 3.05) is 0 Å². The monoisotopic (exact) mass is 626 g/mol. The van der Waals surface area contributed by atoms with Gasteiger partial charge in [0, 0.05) is 10.8 Å². The Morgan fingerprint density at radius 3 is 1.80 bits per heavy atom. The molecule has 0 aliphatic carbocycles. The molecule has 9 aromatic carbocycles. The smallest absolute Gasteiger partial charge is 0.136 e. The summed E-state index contributed by atoms with van der Waals surface area (Å²) in [6, 6.07) is 52.8. The lowest BCUT2D eigenvalue weighted by molar-refractivity contribution is 0.669. The predicted octanol–water partition coefficient (Wildman–Crippen LogP) is 13.7. The molecular weight excluding hydrogens is 593 g/mol. The van der Waals surface area contributed by atoms with Crippen molar-refractivity contribution < 1.29 is 9.90 Å². The molecule has 1 nitrogen and oxygen atoms in total. The number of rotatable bonds is 4. The third-order valence-electron chi connectivity index (χ3n) is 9.70. The second-order valence-electron chi connectivity index (χ2n) is 12.5. The van der Waals surface area contributed by atoms with Crippen molar-refractivity contribution in [2.24, 2.45) is 0 Å². The number of hydrogen-bond donors (Lipinski definition) is 0. The van der Waals surface area contributed by atoms with Crippen molar-refractivity contribution in [3.8, 4) is 44.5 Å². The summed E-state index contributed by atoms with van der Waals surface area (Å²) in [5.41, 5.74) is 7.84. The molecule has 10 rings (SSSR count). The van der Waals surface area contributed by atoms with Crippen LogP contribution in [0.4, 0.5) is 0 Å². The average Bonchev–Trinajstić information content (AvgIpc) is 3.57. The molecule has 1 aromatic heterocycles. The van der Waals surface area contributed by atoms with Gasteiger partial charge in [0.15, 0.2) is 0 Å². The highest BCUT2D eigenvalue weighted by Crippen LogP contribution is 2.48. The first kappa shape index (κ1) is 23.8. The fourth-order valence-corrected chi connectivity index (χ4v) is 7.49. The van der Waals surface area contributed by atoms with Crippen LogP contribution in [0.3, 0.4) is 0 Å². The Balaban J connectivity index is 1.38. The van der Waals surface area contributed by atoms with Gasteiger partial charge in [-0.1, -0.05) is 152 Å². The summed E-state index contributed by atoms with van der Waals surface area (Å²) in [7, 11) is 0. The van der Waals surface area contributed by atoms with Gasteiger partial charge in [-0.15, -0.1) is 0 Å². The van der Waals surface area contributed by atoms with Gasteiger partial charge in [-0.3, -0.25) is 0 Å². The Morgan fingerprint density at radius 2 is 1.02 bits per heavy atom. The van der Waals surface area contributed by atoms with Crippen LogP contribution < -0.4 is 0 Å². The minimum atomic E-state index is -0.197. The first-order valence-electron chi connectivity index (χ1n) is 18.5. The standard InChI is InChI=1S/C48H30O/c1-3-13-31(14-4-1)33-19-11-20-37(27-33)46-38-21-9-10-22-39(38)47(40-26-25-36(28-42(40)46)32-15-5-2-6-16-32)41-23-12-24-44-48(41)43-29-34-17-7-8-18-35(34)30-45(43)49-44/h1-30H/i11D,19D,20D,27D. The maximum absolute atomic E-state index is 9.69. The highest BCUT2D eigenvalue weighted by molar-refractivity contribution is 6.26. The van der Waals surface area contributed by atoms with Gasteiger partial charge < -0.3 is 4.42 Å². The summed E-state index contributed by atoms with van der Waals surface area (Å²) >= 11 is 0. The van der Waals surface area contributed by atoms with E-state index in [9.17, 15) is 2.74 Å². The van der Waals surface area contributed by atoms with Crippen molar-refractivity contribution in [1.82, 2.24) is 0 Å². The summed E-state index contributed by atoms with van der Waals surface area (Å²) < 4.78 is 43.6. The molecule has 0 amide bonds. The minimum absolute atomic E-state index is 0.0707. The van der Waals surface area contributed by atoms with E-state index in [4.69, 9.17) is 7.16 Å². The van der Waals surface area contributed by atoms with Crippen LogP contribution in [-0.4, -0.2) is 0 Å². The molecule has 0 bridgehead atoms. The van der Waals surface area contributed by atoms with E-state index in [0.29, 0.717) is 22.3 Å². The first-order chi connectivity index (χ1) is 26.0. The van der Waals surface area contributed by atoms with Crippen LogP contribution >= 0.6 is 0 Å². The van der Waals surface area contributed by atoms with E-state index in [1.165, 1.54) is 0 Å². The summed E-state index contributed by atoms with van der Waals surface area (Å²) in [6.45, 7) is 0. The van der Waals surface area contributed by atoms with E-state index >= 15 is 0 Å². The molecule has 49 heavy (non-hydrogen) atoms. The summed E-state index contributed by atoms with van der Waals surface area (Å²) in [5, 5.41) is 7.99. The Labute approximate surface area is 289 Å². The Hall–Kier alpha value is -6.44. The molecule has 0 fully saturated rings. The van der Waals surface area contributed by atoms with E-state index in [0.717, 1.165) is 76.5 Å². The Morgan fingerprint density at radius 1 is 0.388 bits per heavy atom. The molecule has 228 valence electrons. The fraction of sp³-hybridized carbons (Fsp3) is 0. The molecule has 0 aliphatic heterocycles. The predicted molar refractivity (Wildman–Crippen MR) is 208 cm³/mol. The van der Waals surface area contributed by atoms with Crippen molar-refractivity contribution in [3.63, 3.8) is 0 Å². The number of furan rings is 1. The van der Waals surface area contributed by atoms with Gasteiger partial charge in [0.2, 0.25) is 0 Å². The number of hydrogen-bond acceptors (Lipinski definition) is 1. The molecule has 0 saturated heterocycles. The van der Waals surface area contributed by atoms with Crippen molar-refractivity contribution in [2.45, 2.75) is 0 Å². The molecule has 10 aromatic rings. The molecule has 1 heterocycles. The normalized spacial score (nSPS) is 12.8. The summed E-state index contributed by atoms with van der Waals surface area (Å²) in [5.74, 6) is 0.